The number of thiophene rings is 1. The quantitative estimate of drug-likeness (QED) is 0.796. The standard InChI is InChI=1S/C11H12O2S/c1-2-7-3-4-10-9(11(7)13)5-8(6-12)14-10/h3-5,12-13H,2,6H2,1H3. The molecule has 0 saturated carbocycles. The van der Waals surface area contributed by atoms with Crippen molar-refractivity contribution < 1.29 is 10.2 Å². The maximum absolute atomic E-state index is 9.88. The minimum absolute atomic E-state index is 0.0419. The van der Waals surface area contributed by atoms with Crippen LogP contribution in [0.25, 0.3) is 10.1 Å². The molecule has 14 heavy (non-hydrogen) atoms. The van der Waals surface area contributed by atoms with Gasteiger partial charge in [-0.1, -0.05) is 13.0 Å². The summed E-state index contributed by atoms with van der Waals surface area (Å²) in [5, 5.41) is 19.7. The Hall–Kier alpha value is -1.06. The zero-order chi connectivity index (χ0) is 10.1. The van der Waals surface area contributed by atoms with E-state index in [1.54, 1.807) is 0 Å². The van der Waals surface area contributed by atoms with E-state index in [-0.39, 0.29) is 6.61 Å². The monoisotopic (exact) mass is 208 g/mol. The van der Waals surface area contributed by atoms with Crippen LogP contribution in [-0.2, 0) is 13.0 Å². The van der Waals surface area contributed by atoms with Crippen LogP contribution in [0.5, 0.6) is 5.75 Å². The second kappa shape index (κ2) is 3.59. The average molecular weight is 208 g/mol. The lowest BCUT2D eigenvalue weighted by molar-refractivity contribution is 0.285. The molecule has 0 aliphatic rings. The Bertz CT molecular complexity index is 460. The van der Waals surface area contributed by atoms with E-state index < -0.39 is 0 Å². The number of aliphatic hydroxyl groups excluding tert-OH is 1. The second-order valence-corrected chi connectivity index (χ2v) is 4.38. The van der Waals surface area contributed by atoms with Crippen LogP contribution in [0.4, 0.5) is 0 Å². The van der Waals surface area contributed by atoms with Gasteiger partial charge in [0.05, 0.1) is 6.61 Å². The normalized spacial score (nSPS) is 11.0. The molecule has 1 aromatic heterocycles. The van der Waals surface area contributed by atoms with Crippen LogP contribution in [0.15, 0.2) is 18.2 Å². The number of hydrogen-bond acceptors (Lipinski definition) is 3. The number of hydrogen-bond donors (Lipinski definition) is 2. The fourth-order valence-electron chi connectivity index (χ4n) is 1.56. The highest BCUT2D eigenvalue weighted by Gasteiger charge is 2.08. The maximum atomic E-state index is 9.88. The largest absolute Gasteiger partial charge is 0.507 e. The van der Waals surface area contributed by atoms with Crippen molar-refractivity contribution in [1.29, 1.82) is 0 Å². The Labute approximate surface area is 86.4 Å². The number of benzene rings is 1. The van der Waals surface area contributed by atoms with Crippen molar-refractivity contribution in [3.63, 3.8) is 0 Å². The van der Waals surface area contributed by atoms with Crippen molar-refractivity contribution in [2.24, 2.45) is 0 Å². The predicted octanol–water partition coefficient (Wildman–Crippen LogP) is 2.66. The fraction of sp³-hybridized carbons (Fsp3) is 0.273. The summed E-state index contributed by atoms with van der Waals surface area (Å²) in [5.74, 6) is 0.362. The van der Waals surface area contributed by atoms with Gasteiger partial charge in [0.25, 0.3) is 0 Å². The first kappa shape index (κ1) is 9.49. The molecule has 2 nitrogen and oxygen atoms in total. The number of rotatable bonds is 2. The van der Waals surface area contributed by atoms with E-state index in [0.29, 0.717) is 5.75 Å². The van der Waals surface area contributed by atoms with Crippen LogP contribution < -0.4 is 0 Å². The number of phenols is 1. The molecule has 2 N–H and O–H groups in total. The Morgan fingerprint density at radius 1 is 1.36 bits per heavy atom. The molecule has 0 bridgehead atoms. The summed E-state index contributed by atoms with van der Waals surface area (Å²) in [6.45, 7) is 2.06. The summed E-state index contributed by atoms with van der Waals surface area (Å²) in [6, 6.07) is 5.79. The first-order chi connectivity index (χ1) is 6.76. The van der Waals surface area contributed by atoms with Gasteiger partial charge < -0.3 is 10.2 Å². The van der Waals surface area contributed by atoms with Gasteiger partial charge in [-0.05, 0) is 24.1 Å². The summed E-state index contributed by atoms with van der Waals surface area (Å²) in [4.78, 5) is 0.892. The summed E-state index contributed by atoms with van der Waals surface area (Å²) >= 11 is 1.52. The molecule has 2 aromatic rings. The average Bonchev–Trinajstić information content (AvgIpc) is 2.62. The molecule has 1 heterocycles. The zero-order valence-electron chi connectivity index (χ0n) is 7.95. The summed E-state index contributed by atoms with van der Waals surface area (Å²) in [5.41, 5.74) is 0.958. The molecule has 0 amide bonds. The Kier molecular flexibility index (Phi) is 2.44. The van der Waals surface area contributed by atoms with Crippen LogP contribution in [0.1, 0.15) is 17.4 Å². The van der Waals surface area contributed by atoms with Crippen LogP contribution in [0, 0.1) is 0 Å². The van der Waals surface area contributed by atoms with E-state index in [9.17, 15) is 5.11 Å². The molecule has 74 valence electrons. The van der Waals surface area contributed by atoms with Crippen molar-refractivity contribution in [3.8, 4) is 5.75 Å². The summed E-state index contributed by atoms with van der Waals surface area (Å²) in [6.07, 6.45) is 0.825. The lowest BCUT2D eigenvalue weighted by Crippen LogP contribution is -1.80. The van der Waals surface area contributed by atoms with Crippen LogP contribution in [-0.4, -0.2) is 10.2 Å². The first-order valence-electron chi connectivity index (χ1n) is 4.60. The molecule has 0 radical (unpaired) electrons. The number of fused-ring (bicyclic) bond motifs is 1. The van der Waals surface area contributed by atoms with E-state index in [4.69, 9.17) is 5.11 Å². The smallest absolute Gasteiger partial charge is 0.127 e. The molecule has 0 spiro atoms. The van der Waals surface area contributed by atoms with E-state index in [0.717, 1.165) is 26.9 Å². The van der Waals surface area contributed by atoms with Crippen molar-refractivity contribution in [2.45, 2.75) is 20.0 Å². The number of aromatic hydroxyl groups is 1. The first-order valence-corrected chi connectivity index (χ1v) is 5.42. The minimum Gasteiger partial charge on any atom is -0.507 e. The number of aryl methyl sites for hydroxylation is 1. The molecular formula is C11H12O2S. The molecule has 3 heteroatoms. The van der Waals surface area contributed by atoms with Gasteiger partial charge in [-0.2, -0.15) is 0 Å². The second-order valence-electron chi connectivity index (χ2n) is 3.21. The third kappa shape index (κ3) is 1.38. The molecule has 0 aliphatic heterocycles. The molecule has 0 aliphatic carbocycles. The van der Waals surface area contributed by atoms with E-state index >= 15 is 0 Å². The lowest BCUT2D eigenvalue weighted by Gasteiger charge is -2.01. The molecule has 0 unspecified atom stereocenters. The highest BCUT2D eigenvalue weighted by atomic mass is 32.1. The Morgan fingerprint density at radius 3 is 2.79 bits per heavy atom. The number of phenolic OH excluding ortho intramolecular Hbond substituents is 1. The summed E-state index contributed by atoms with van der Waals surface area (Å²) in [7, 11) is 0. The van der Waals surface area contributed by atoms with Crippen LogP contribution in [0.3, 0.4) is 0 Å². The molecule has 1 aromatic carbocycles. The van der Waals surface area contributed by atoms with Crippen molar-refractivity contribution in [3.05, 3.63) is 28.6 Å². The molecule has 0 fully saturated rings. The van der Waals surface area contributed by atoms with Crippen LogP contribution in [0.2, 0.25) is 0 Å². The van der Waals surface area contributed by atoms with E-state index in [1.807, 2.05) is 25.1 Å². The van der Waals surface area contributed by atoms with Gasteiger partial charge in [-0.15, -0.1) is 11.3 Å². The lowest BCUT2D eigenvalue weighted by atomic mass is 10.1. The van der Waals surface area contributed by atoms with Gasteiger partial charge in [-0.25, -0.2) is 0 Å². The van der Waals surface area contributed by atoms with Gasteiger partial charge in [0.2, 0.25) is 0 Å². The molecule has 0 saturated heterocycles. The fourth-order valence-corrected chi connectivity index (χ4v) is 2.48. The van der Waals surface area contributed by atoms with Crippen molar-refractivity contribution in [1.82, 2.24) is 0 Å². The Balaban J connectivity index is 2.68. The van der Waals surface area contributed by atoms with Gasteiger partial charge >= 0.3 is 0 Å². The Morgan fingerprint density at radius 2 is 2.14 bits per heavy atom. The SMILES string of the molecule is CCc1ccc2sc(CO)cc2c1O. The highest BCUT2D eigenvalue weighted by Crippen LogP contribution is 2.34. The van der Waals surface area contributed by atoms with Gasteiger partial charge in [0.1, 0.15) is 5.75 Å². The summed E-state index contributed by atoms with van der Waals surface area (Å²) < 4.78 is 1.03. The topological polar surface area (TPSA) is 40.5 Å². The zero-order valence-corrected chi connectivity index (χ0v) is 8.77. The van der Waals surface area contributed by atoms with Gasteiger partial charge in [-0.3, -0.25) is 0 Å². The van der Waals surface area contributed by atoms with E-state index in [2.05, 4.69) is 0 Å². The van der Waals surface area contributed by atoms with Crippen molar-refractivity contribution >= 4 is 21.4 Å². The third-order valence-corrected chi connectivity index (χ3v) is 3.43. The van der Waals surface area contributed by atoms with Gasteiger partial charge in [0, 0.05) is 15.0 Å². The highest BCUT2D eigenvalue weighted by molar-refractivity contribution is 7.19. The molecular weight excluding hydrogens is 196 g/mol. The predicted molar refractivity (Wildman–Crippen MR) is 58.8 cm³/mol. The molecule has 0 atom stereocenters. The van der Waals surface area contributed by atoms with Gasteiger partial charge in [0.15, 0.2) is 0 Å². The maximum Gasteiger partial charge on any atom is 0.127 e. The van der Waals surface area contributed by atoms with E-state index in [1.165, 1.54) is 11.3 Å². The van der Waals surface area contributed by atoms with Crippen LogP contribution >= 0.6 is 11.3 Å². The third-order valence-electron chi connectivity index (χ3n) is 2.34. The molecule has 2 rings (SSSR count). The minimum atomic E-state index is 0.0419. The van der Waals surface area contributed by atoms with Crippen molar-refractivity contribution in [2.75, 3.05) is 0 Å². The number of aliphatic hydroxyl groups is 1.